The molecule has 1 aliphatic heterocycles. The zero-order valence-corrected chi connectivity index (χ0v) is 18.0. The van der Waals surface area contributed by atoms with E-state index in [0.29, 0.717) is 16.7 Å². The molecular formula is C23H19ClN6S. The number of halogens is 1. The van der Waals surface area contributed by atoms with Gasteiger partial charge in [-0.2, -0.15) is 0 Å². The van der Waals surface area contributed by atoms with Gasteiger partial charge < -0.3 is 14.8 Å². The van der Waals surface area contributed by atoms with E-state index in [0.717, 1.165) is 22.8 Å². The Balaban J connectivity index is 1.60. The summed E-state index contributed by atoms with van der Waals surface area (Å²) in [6, 6.07) is 17.6. The summed E-state index contributed by atoms with van der Waals surface area (Å²) < 4.78 is 2.07. The third kappa shape index (κ3) is 3.89. The molecule has 0 saturated carbocycles. The minimum absolute atomic E-state index is 0.0879. The highest BCUT2D eigenvalue weighted by Crippen LogP contribution is 2.40. The van der Waals surface area contributed by atoms with Crippen LogP contribution in [0.4, 0.5) is 0 Å². The number of rotatable bonds is 5. The van der Waals surface area contributed by atoms with Gasteiger partial charge in [0.15, 0.2) is 5.11 Å². The number of hydrogen-bond acceptors (Lipinski definition) is 4. The highest BCUT2D eigenvalue weighted by Gasteiger charge is 2.41. The predicted octanol–water partition coefficient (Wildman–Crippen LogP) is 4.49. The average molecular weight is 447 g/mol. The number of nitrogens with one attached hydrogen (secondary N) is 1. The Kier molecular flexibility index (Phi) is 5.36. The van der Waals surface area contributed by atoms with Gasteiger partial charge in [0.2, 0.25) is 0 Å². The van der Waals surface area contributed by atoms with Gasteiger partial charge in [-0.05, 0) is 60.2 Å². The maximum atomic E-state index is 6.05. The Labute approximate surface area is 190 Å². The van der Waals surface area contributed by atoms with Gasteiger partial charge in [-0.3, -0.25) is 9.97 Å². The molecule has 1 fully saturated rings. The second kappa shape index (κ2) is 8.45. The molecule has 0 spiro atoms. The van der Waals surface area contributed by atoms with E-state index in [2.05, 4.69) is 41.9 Å². The fourth-order valence-corrected chi connectivity index (χ4v) is 4.36. The molecule has 0 unspecified atom stereocenters. The summed E-state index contributed by atoms with van der Waals surface area (Å²) >= 11 is 11.8. The summed E-state index contributed by atoms with van der Waals surface area (Å²) in [5.41, 5.74) is 3.07. The van der Waals surface area contributed by atoms with Crippen LogP contribution in [0.3, 0.4) is 0 Å². The van der Waals surface area contributed by atoms with Crippen LogP contribution in [0.2, 0.25) is 5.02 Å². The monoisotopic (exact) mass is 446 g/mol. The topological polar surface area (TPSA) is 58.9 Å². The molecule has 5 rings (SSSR count). The minimum atomic E-state index is -0.105. The van der Waals surface area contributed by atoms with Gasteiger partial charge in [0.1, 0.15) is 5.82 Å². The first-order chi connectivity index (χ1) is 15.2. The Morgan fingerprint density at radius 1 is 0.968 bits per heavy atom. The summed E-state index contributed by atoms with van der Waals surface area (Å²) in [6.45, 7) is 0.632. The van der Waals surface area contributed by atoms with E-state index in [4.69, 9.17) is 23.8 Å². The molecule has 0 amide bonds. The highest BCUT2D eigenvalue weighted by atomic mass is 35.5. The molecule has 4 aromatic rings. The molecule has 1 aliphatic rings. The second-order valence-electron chi connectivity index (χ2n) is 7.25. The van der Waals surface area contributed by atoms with Crippen LogP contribution in [-0.2, 0) is 6.54 Å². The average Bonchev–Trinajstić information content (AvgIpc) is 3.40. The number of nitrogens with zero attached hydrogens (tertiary/aromatic N) is 5. The molecule has 6 nitrogen and oxygen atoms in total. The van der Waals surface area contributed by atoms with E-state index in [-0.39, 0.29) is 12.1 Å². The molecule has 4 aromatic heterocycles. The Morgan fingerprint density at radius 2 is 1.90 bits per heavy atom. The lowest BCUT2D eigenvalue weighted by atomic mass is 10.0. The van der Waals surface area contributed by atoms with Gasteiger partial charge in [-0.1, -0.05) is 23.7 Å². The van der Waals surface area contributed by atoms with Crippen molar-refractivity contribution in [3.05, 3.63) is 108 Å². The van der Waals surface area contributed by atoms with Crippen LogP contribution in [0.5, 0.6) is 0 Å². The number of pyridine rings is 3. The van der Waals surface area contributed by atoms with E-state index in [1.807, 2.05) is 54.9 Å². The summed E-state index contributed by atoms with van der Waals surface area (Å²) in [4.78, 5) is 15.6. The van der Waals surface area contributed by atoms with Crippen molar-refractivity contribution in [3.63, 3.8) is 0 Å². The number of aromatic nitrogens is 4. The van der Waals surface area contributed by atoms with E-state index in [9.17, 15) is 0 Å². The Bertz CT molecular complexity index is 1180. The molecule has 5 heterocycles. The predicted molar refractivity (Wildman–Crippen MR) is 124 cm³/mol. The van der Waals surface area contributed by atoms with Crippen molar-refractivity contribution in [2.45, 2.75) is 18.6 Å². The molecule has 31 heavy (non-hydrogen) atoms. The van der Waals surface area contributed by atoms with Crippen molar-refractivity contribution < 1.29 is 0 Å². The van der Waals surface area contributed by atoms with Crippen molar-refractivity contribution in [2.24, 2.45) is 0 Å². The fraction of sp³-hybridized carbons (Fsp3) is 0.130. The normalized spacial score (nSPS) is 18.2. The Morgan fingerprint density at radius 3 is 2.65 bits per heavy atom. The maximum Gasteiger partial charge on any atom is 0.170 e. The summed E-state index contributed by atoms with van der Waals surface area (Å²) in [5, 5.41) is 4.77. The van der Waals surface area contributed by atoms with Crippen LogP contribution in [0.1, 0.15) is 29.0 Å². The van der Waals surface area contributed by atoms with Crippen molar-refractivity contribution in [1.29, 1.82) is 0 Å². The molecule has 0 aromatic carbocycles. The molecule has 8 heteroatoms. The van der Waals surface area contributed by atoms with Crippen molar-refractivity contribution >= 4 is 28.9 Å². The quantitative estimate of drug-likeness (QED) is 0.456. The van der Waals surface area contributed by atoms with Crippen LogP contribution in [-0.4, -0.2) is 29.5 Å². The largest absolute Gasteiger partial charge is 0.352 e. The third-order valence-electron chi connectivity index (χ3n) is 5.32. The lowest BCUT2D eigenvalue weighted by Crippen LogP contribution is -2.30. The highest BCUT2D eigenvalue weighted by molar-refractivity contribution is 7.80. The van der Waals surface area contributed by atoms with E-state index in [1.165, 1.54) is 0 Å². The first-order valence-corrected chi connectivity index (χ1v) is 10.7. The smallest absolute Gasteiger partial charge is 0.170 e. The third-order valence-corrected chi connectivity index (χ3v) is 5.89. The molecule has 0 radical (unpaired) electrons. The van der Waals surface area contributed by atoms with Gasteiger partial charge in [0, 0.05) is 43.2 Å². The SMILES string of the molecule is S=C1N[C@H](c2ccccn2)[C@@H](c2cccn2-c2ccc(Cl)cn2)N1Cc1cccnc1. The van der Waals surface area contributed by atoms with E-state index < -0.39 is 0 Å². The van der Waals surface area contributed by atoms with Gasteiger partial charge in [0.25, 0.3) is 0 Å². The molecule has 1 saturated heterocycles. The second-order valence-corrected chi connectivity index (χ2v) is 8.08. The van der Waals surface area contributed by atoms with Crippen LogP contribution < -0.4 is 5.32 Å². The standard InChI is InChI=1S/C23H19ClN6S/c24-17-8-9-20(27-14-17)29-12-4-7-19(29)22-21(18-6-1-2-11-26-18)28-23(31)30(22)15-16-5-3-10-25-13-16/h1-14,21-22H,15H2,(H,28,31)/t21-,22-/m1/s1. The van der Waals surface area contributed by atoms with Gasteiger partial charge in [-0.25, -0.2) is 4.98 Å². The summed E-state index contributed by atoms with van der Waals surface area (Å²) in [6.07, 6.45) is 9.11. The lowest BCUT2D eigenvalue weighted by molar-refractivity contribution is 0.302. The van der Waals surface area contributed by atoms with Crippen molar-refractivity contribution in [1.82, 2.24) is 29.7 Å². The Hall–Kier alpha value is -3.29. The molecule has 0 bridgehead atoms. The van der Waals surface area contributed by atoms with Crippen LogP contribution in [0.15, 0.2) is 85.6 Å². The zero-order chi connectivity index (χ0) is 21.2. The van der Waals surface area contributed by atoms with Crippen LogP contribution in [0, 0.1) is 0 Å². The summed E-state index contributed by atoms with van der Waals surface area (Å²) in [7, 11) is 0. The first-order valence-electron chi connectivity index (χ1n) is 9.87. The van der Waals surface area contributed by atoms with E-state index in [1.54, 1.807) is 18.6 Å². The number of hydrogen-bond donors (Lipinski definition) is 1. The molecule has 1 N–H and O–H groups in total. The zero-order valence-electron chi connectivity index (χ0n) is 16.5. The summed E-state index contributed by atoms with van der Waals surface area (Å²) in [5.74, 6) is 0.795. The molecule has 154 valence electrons. The molecule has 2 atom stereocenters. The maximum absolute atomic E-state index is 6.05. The minimum Gasteiger partial charge on any atom is -0.352 e. The molecular weight excluding hydrogens is 428 g/mol. The molecule has 0 aliphatic carbocycles. The van der Waals surface area contributed by atoms with E-state index >= 15 is 0 Å². The fourth-order valence-electron chi connectivity index (χ4n) is 3.94. The van der Waals surface area contributed by atoms with Gasteiger partial charge in [0.05, 0.1) is 22.8 Å². The van der Waals surface area contributed by atoms with Crippen molar-refractivity contribution in [3.8, 4) is 5.82 Å². The van der Waals surface area contributed by atoms with Crippen LogP contribution >= 0.6 is 23.8 Å². The van der Waals surface area contributed by atoms with Crippen molar-refractivity contribution in [2.75, 3.05) is 0 Å². The van der Waals surface area contributed by atoms with Crippen LogP contribution in [0.25, 0.3) is 5.82 Å². The first kappa shape index (κ1) is 19.7. The van der Waals surface area contributed by atoms with Gasteiger partial charge in [-0.15, -0.1) is 0 Å². The van der Waals surface area contributed by atoms with Gasteiger partial charge >= 0.3 is 0 Å². The number of thiocarbonyl (C=S) groups is 1. The lowest BCUT2D eigenvalue weighted by Gasteiger charge is -2.28.